The van der Waals surface area contributed by atoms with E-state index in [1.807, 2.05) is 43.4 Å². The second-order valence-corrected chi connectivity index (χ2v) is 4.11. The average Bonchev–Trinajstić information content (AvgIpc) is 2.64. The lowest BCUT2D eigenvalue weighted by molar-refractivity contribution is -0.633. The molecule has 18 heavy (non-hydrogen) atoms. The minimum atomic E-state index is 0. The number of aryl methyl sites for hydroxylation is 1. The van der Waals surface area contributed by atoms with E-state index < -0.39 is 0 Å². The summed E-state index contributed by atoms with van der Waals surface area (Å²) in [5.41, 5.74) is 3.29. The summed E-state index contributed by atoms with van der Waals surface area (Å²) in [5.74, 6) is 7.17. The van der Waals surface area contributed by atoms with E-state index in [9.17, 15) is 0 Å². The predicted octanol–water partition coefficient (Wildman–Crippen LogP) is -1.15. The van der Waals surface area contributed by atoms with Crippen molar-refractivity contribution in [3.8, 4) is 11.4 Å². The van der Waals surface area contributed by atoms with Crippen LogP contribution in [0.15, 0.2) is 54.6 Å². The Morgan fingerprint density at radius 3 is 2.22 bits per heavy atom. The number of aromatic nitrogens is 2. The monoisotopic (exact) mass is 303 g/mol. The van der Waals surface area contributed by atoms with Crippen LogP contribution in [0.2, 0.25) is 0 Å². The summed E-state index contributed by atoms with van der Waals surface area (Å²) in [7, 11) is 2.04. The molecular formula is C14H14BrN3. The van der Waals surface area contributed by atoms with E-state index in [0.29, 0.717) is 0 Å². The molecule has 0 aliphatic carbocycles. The lowest BCUT2D eigenvalue weighted by atomic mass is 10.2. The molecule has 0 fully saturated rings. The zero-order valence-electron chi connectivity index (χ0n) is 10.0. The zero-order valence-corrected chi connectivity index (χ0v) is 11.6. The fourth-order valence-corrected chi connectivity index (χ4v) is 2.26. The number of nitrogens with two attached hydrogens (primary N) is 1. The maximum atomic E-state index is 6.17. The van der Waals surface area contributed by atoms with Crippen LogP contribution in [-0.4, -0.2) is 4.68 Å². The standard InChI is InChI=1S/C14H14N3.BrH/c1-16-12-9-5-6-10-13(12)17(15)14(16)11-7-3-2-4-8-11;/h2-10H,15H2,1H3;1H/q+1;/p-1. The van der Waals surface area contributed by atoms with Gasteiger partial charge in [0, 0.05) is 0 Å². The van der Waals surface area contributed by atoms with E-state index in [2.05, 4.69) is 22.8 Å². The van der Waals surface area contributed by atoms with E-state index in [1.165, 1.54) is 0 Å². The SMILES string of the molecule is C[n+]1c(-c2ccccc2)n(N)c2ccccc21.[Br-]. The molecule has 3 aromatic rings. The van der Waals surface area contributed by atoms with Gasteiger partial charge < -0.3 is 17.0 Å². The van der Waals surface area contributed by atoms with E-state index >= 15 is 0 Å². The van der Waals surface area contributed by atoms with Crippen LogP contribution >= 0.6 is 0 Å². The van der Waals surface area contributed by atoms with Crippen molar-refractivity contribution in [2.75, 3.05) is 5.84 Å². The van der Waals surface area contributed by atoms with Crippen LogP contribution in [0.1, 0.15) is 0 Å². The Labute approximate surface area is 116 Å². The first-order valence-corrected chi connectivity index (χ1v) is 5.59. The predicted molar refractivity (Wildman–Crippen MR) is 68.7 cm³/mol. The van der Waals surface area contributed by atoms with Gasteiger partial charge in [0.2, 0.25) is 0 Å². The Hall–Kier alpha value is -1.81. The number of nitrogens with zero attached hydrogens (tertiary/aromatic N) is 2. The van der Waals surface area contributed by atoms with Gasteiger partial charge in [-0.05, 0) is 24.3 Å². The third-order valence-electron chi connectivity index (χ3n) is 3.08. The van der Waals surface area contributed by atoms with E-state index in [0.717, 1.165) is 22.4 Å². The minimum Gasteiger partial charge on any atom is -1.00 e. The van der Waals surface area contributed by atoms with Gasteiger partial charge in [-0.15, -0.1) is 4.68 Å². The third-order valence-corrected chi connectivity index (χ3v) is 3.08. The van der Waals surface area contributed by atoms with Gasteiger partial charge >= 0.3 is 5.82 Å². The molecule has 1 heterocycles. The fourth-order valence-electron chi connectivity index (χ4n) is 2.26. The van der Waals surface area contributed by atoms with Crippen molar-refractivity contribution in [2.24, 2.45) is 7.05 Å². The molecule has 2 N–H and O–H groups in total. The molecule has 0 radical (unpaired) electrons. The summed E-state index contributed by atoms with van der Waals surface area (Å²) in [4.78, 5) is 0. The maximum Gasteiger partial charge on any atom is 0.312 e. The second-order valence-electron chi connectivity index (χ2n) is 4.11. The molecule has 0 bridgehead atoms. The number of hydrogen-bond acceptors (Lipinski definition) is 1. The van der Waals surface area contributed by atoms with Crippen molar-refractivity contribution < 1.29 is 21.5 Å². The van der Waals surface area contributed by atoms with Gasteiger partial charge in [0.15, 0.2) is 11.0 Å². The second kappa shape index (κ2) is 4.82. The number of fused-ring (bicyclic) bond motifs is 1. The Balaban J connectivity index is 0.00000120. The Morgan fingerprint density at radius 1 is 0.944 bits per heavy atom. The quantitative estimate of drug-likeness (QED) is 0.447. The number of hydrogen-bond donors (Lipinski definition) is 1. The molecule has 3 rings (SSSR count). The maximum absolute atomic E-state index is 6.17. The molecule has 0 spiro atoms. The van der Waals surface area contributed by atoms with E-state index in [-0.39, 0.29) is 17.0 Å². The molecule has 3 nitrogen and oxygen atoms in total. The summed E-state index contributed by atoms with van der Waals surface area (Å²) in [6.45, 7) is 0. The van der Waals surface area contributed by atoms with E-state index in [1.54, 1.807) is 4.68 Å². The number of imidazole rings is 1. The molecule has 0 aliphatic rings. The van der Waals surface area contributed by atoms with Crippen molar-refractivity contribution in [1.29, 1.82) is 0 Å². The molecule has 0 unspecified atom stereocenters. The van der Waals surface area contributed by atoms with Crippen molar-refractivity contribution in [3.63, 3.8) is 0 Å². The lowest BCUT2D eigenvalue weighted by Crippen LogP contribution is -3.00. The highest BCUT2D eigenvalue weighted by molar-refractivity contribution is 5.75. The van der Waals surface area contributed by atoms with Crippen LogP contribution in [0.25, 0.3) is 22.4 Å². The van der Waals surface area contributed by atoms with Gasteiger partial charge in [0.1, 0.15) is 0 Å². The topological polar surface area (TPSA) is 34.8 Å². The zero-order chi connectivity index (χ0) is 11.8. The number of rotatable bonds is 1. The van der Waals surface area contributed by atoms with Gasteiger partial charge in [0.25, 0.3) is 0 Å². The highest BCUT2D eigenvalue weighted by Crippen LogP contribution is 2.19. The smallest absolute Gasteiger partial charge is 0.312 e. The summed E-state index contributed by atoms with van der Waals surface area (Å²) >= 11 is 0. The Bertz CT molecular complexity index is 635. The van der Waals surface area contributed by atoms with Crippen molar-refractivity contribution in [3.05, 3.63) is 54.6 Å². The summed E-state index contributed by atoms with van der Waals surface area (Å²) < 4.78 is 3.86. The van der Waals surface area contributed by atoms with Gasteiger partial charge in [-0.2, -0.15) is 0 Å². The van der Waals surface area contributed by atoms with Crippen LogP contribution in [0, 0.1) is 0 Å². The first kappa shape index (κ1) is 12.6. The molecule has 92 valence electrons. The van der Waals surface area contributed by atoms with Gasteiger partial charge in [-0.3, -0.25) is 5.84 Å². The van der Waals surface area contributed by atoms with Crippen LogP contribution in [0.5, 0.6) is 0 Å². The van der Waals surface area contributed by atoms with Crippen LogP contribution < -0.4 is 27.4 Å². The number of halogens is 1. The largest absolute Gasteiger partial charge is 1.00 e. The third kappa shape index (κ3) is 1.78. The summed E-state index contributed by atoms with van der Waals surface area (Å²) in [6.07, 6.45) is 0. The van der Waals surface area contributed by atoms with Crippen molar-refractivity contribution in [2.45, 2.75) is 0 Å². The average molecular weight is 304 g/mol. The number of nitrogen functional groups attached to an aromatic ring is 1. The number of benzene rings is 2. The highest BCUT2D eigenvalue weighted by atomic mass is 79.9. The molecular weight excluding hydrogens is 290 g/mol. The Morgan fingerprint density at radius 2 is 1.56 bits per heavy atom. The van der Waals surface area contributed by atoms with Crippen LogP contribution in [-0.2, 0) is 7.05 Å². The molecule has 0 saturated heterocycles. The van der Waals surface area contributed by atoms with Gasteiger partial charge in [-0.1, -0.05) is 30.3 Å². The summed E-state index contributed by atoms with van der Waals surface area (Å²) in [5, 5.41) is 0. The number of para-hydroxylation sites is 2. The van der Waals surface area contributed by atoms with E-state index in [4.69, 9.17) is 5.84 Å². The molecule has 0 saturated carbocycles. The van der Waals surface area contributed by atoms with Crippen molar-refractivity contribution in [1.82, 2.24) is 4.68 Å². The molecule has 4 heteroatoms. The molecule has 0 atom stereocenters. The van der Waals surface area contributed by atoms with Gasteiger partial charge in [0.05, 0.1) is 12.6 Å². The first-order valence-electron chi connectivity index (χ1n) is 5.59. The minimum absolute atomic E-state index is 0. The normalized spacial score (nSPS) is 10.3. The molecule has 0 amide bonds. The van der Waals surface area contributed by atoms with Crippen molar-refractivity contribution >= 4 is 11.0 Å². The Kier molecular flexibility index (Phi) is 3.39. The molecule has 2 aromatic carbocycles. The van der Waals surface area contributed by atoms with Gasteiger partial charge in [-0.25, -0.2) is 4.57 Å². The highest BCUT2D eigenvalue weighted by Gasteiger charge is 2.21. The van der Waals surface area contributed by atoms with Crippen LogP contribution in [0.3, 0.4) is 0 Å². The molecule has 0 aliphatic heterocycles. The fraction of sp³-hybridized carbons (Fsp3) is 0.0714. The summed E-state index contributed by atoms with van der Waals surface area (Å²) in [6, 6.07) is 18.3. The first-order chi connectivity index (χ1) is 8.29. The lowest BCUT2D eigenvalue weighted by Gasteiger charge is -1.97. The van der Waals surface area contributed by atoms with Crippen LogP contribution in [0.4, 0.5) is 0 Å². The molecule has 1 aromatic heterocycles.